The number of hydrogen-bond acceptors (Lipinski definition) is 4. The van der Waals surface area contributed by atoms with Crippen molar-refractivity contribution in [1.82, 2.24) is 8.75 Å². The number of nitrogens with one attached hydrogen (secondary N) is 1. The van der Waals surface area contributed by atoms with Crippen molar-refractivity contribution in [3.8, 4) is 11.3 Å². The van der Waals surface area contributed by atoms with Crippen LogP contribution in [-0.2, 0) is 0 Å². The van der Waals surface area contributed by atoms with Gasteiger partial charge in [-0.2, -0.15) is 8.75 Å². The van der Waals surface area contributed by atoms with Crippen molar-refractivity contribution in [2.75, 3.05) is 12.4 Å². The summed E-state index contributed by atoms with van der Waals surface area (Å²) >= 11 is 1.24. The van der Waals surface area contributed by atoms with Gasteiger partial charge in [-0.25, -0.2) is 0 Å². The van der Waals surface area contributed by atoms with E-state index in [0.29, 0.717) is 0 Å². The molecule has 0 aliphatic heterocycles. The van der Waals surface area contributed by atoms with Crippen LogP contribution in [0.1, 0.15) is 16.7 Å². The van der Waals surface area contributed by atoms with Crippen molar-refractivity contribution in [3.63, 3.8) is 0 Å². The van der Waals surface area contributed by atoms with Crippen molar-refractivity contribution in [2.45, 2.75) is 20.8 Å². The first-order chi connectivity index (χ1) is 7.63. The largest absolute Gasteiger partial charge is 0.370 e. The van der Waals surface area contributed by atoms with Gasteiger partial charge >= 0.3 is 0 Å². The van der Waals surface area contributed by atoms with Gasteiger partial charge in [0, 0.05) is 12.6 Å². The molecule has 0 aliphatic carbocycles. The highest BCUT2D eigenvalue weighted by molar-refractivity contribution is 6.99. The number of hydrogen-bond donors (Lipinski definition) is 1. The molecule has 0 radical (unpaired) electrons. The molecule has 0 spiro atoms. The second-order valence-electron chi connectivity index (χ2n) is 3.99. The second-order valence-corrected chi connectivity index (χ2v) is 4.51. The summed E-state index contributed by atoms with van der Waals surface area (Å²) in [5, 5.41) is 3.08. The smallest absolute Gasteiger partial charge is 0.167 e. The Morgan fingerprint density at radius 3 is 2.25 bits per heavy atom. The molecule has 1 aromatic heterocycles. The van der Waals surface area contributed by atoms with Gasteiger partial charge in [0.05, 0.1) is 11.7 Å². The van der Waals surface area contributed by atoms with Crippen LogP contribution in [0.25, 0.3) is 11.3 Å². The van der Waals surface area contributed by atoms with Crippen molar-refractivity contribution < 1.29 is 0 Å². The number of anilines is 1. The molecule has 3 nitrogen and oxygen atoms in total. The van der Waals surface area contributed by atoms with E-state index >= 15 is 0 Å². The Kier molecular flexibility index (Phi) is 2.92. The average Bonchev–Trinajstić information content (AvgIpc) is 2.64. The lowest BCUT2D eigenvalue weighted by molar-refractivity contribution is 1.30. The monoisotopic (exact) mass is 233 g/mol. The van der Waals surface area contributed by atoms with Crippen LogP contribution in [-0.4, -0.2) is 15.8 Å². The maximum absolute atomic E-state index is 4.38. The molecule has 84 valence electrons. The van der Waals surface area contributed by atoms with E-state index in [0.717, 1.165) is 11.5 Å². The van der Waals surface area contributed by atoms with E-state index in [9.17, 15) is 0 Å². The zero-order valence-electron chi connectivity index (χ0n) is 9.96. The summed E-state index contributed by atoms with van der Waals surface area (Å²) < 4.78 is 8.61. The maximum atomic E-state index is 4.38. The van der Waals surface area contributed by atoms with E-state index in [1.807, 2.05) is 7.05 Å². The third-order valence-corrected chi connectivity index (χ3v) is 3.17. The van der Waals surface area contributed by atoms with Crippen molar-refractivity contribution in [3.05, 3.63) is 28.8 Å². The third-order valence-electron chi connectivity index (χ3n) is 2.64. The fraction of sp³-hybridized carbons (Fsp3) is 0.333. The summed E-state index contributed by atoms with van der Waals surface area (Å²) in [6.07, 6.45) is 0. The molecule has 4 heteroatoms. The highest BCUT2D eigenvalue weighted by Gasteiger charge is 2.14. The summed E-state index contributed by atoms with van der Waals surface area (Å²) in [6, 6.07) is 4.36. The van der Waals surface area contributed by atoms with Crippen LogP contribution in [0.2, 0.25) is 0 Å². The molecule has 0 amide bonds. The molecule has 1 N–H and O–H groups in total. The predicted molar refractivity (Wildman–Crippen MR) is 69.1 cm³/mol. The lowest BCUT2D eigenvalue weighted by Gasteiger charge is -2.09. The standard InChI is InChI=1S/C12H15N3S/c1-7-5-8(2)10(9(3)6-7)11-12(13-4)15-16-14-11/h5-6H,1-4H3,(H,13,15). The van der Waals surface area contributed by atoms with E-state index < -0.39 is 0 Å². The summed E-state index contributed by atoms with van der Waals surface area (Å²) in [4.78, 5) is 0. The van der Waals surface area contributed by atoms with Gasteiger partial charge < -0.3 is 5.32 Å². The number of nitrogens with zero attached hydrogens (tertiary/aromatic N) is 2. The van der Waals surface area contributed by atoms with E-state index in [1.165, 1.54) is 34.0 Å². The minimum Gasteiger partial charge on any atom is -0.370 e. The molecule has 0 unspecified atom stereocenters. The number of rotatable bonds is 2. The lowest BCUT2D eigenvalue weighted by Crippen LogP contribution is -1.95. The molecule has 0 saturated carbocycles. The summed E-state index contributed by atoms with van der Waals surface area (Å²) in [5.74, 6) is 0.861. The second kappa shape index (κ2) is 4.22. The van der Waals surface area contributed by atoms with Crippen LogP contribution in [0.3, 0.4) is 0 Å². The Labute approximate surface area is 99.9 Å². The van der Waals surface area contributed by atoms with Crippen molar-refractivity contribution in [1.29, 1.82) is 0 Å². The molecule has 16 heavy (non-hydrogen) atoms. The summed E-state index contributed by atoms with van der Waals surface area (Å²) in [5.41, 5.74) is 5.95. The SMILES string of the molecule is CNc1nsnc1-c1c(C)cc(C)cc1C. The molecule has 0 aliphatic rings. The van der Waals surface area contributed by atoms with E-state index in [-0.39, 0.29) is 0 Å². The quantitative estimate of drug-likeness (QED) is 0.865. The highest BCUT2D eigenvalue weighted by atomic mass is 32.1. The minimum atomic E-state index is 0.861. The van der Waals surface area contributed by atoms with E-state index in [2.05, 4.69) is 47.0 Å². The van der Waals surface area contributed by atoms with Gasteiger partial charge in [0.15, 0.2) is 5.82 Å². The van der Waals surface area contributed by atoms with E-state index in [4.69, 9.17) is 0 Å². The Bertz CT molecular complexity index is 494. The fourth-order valence-corrected chi connectivity index (χ4v) is 2.63. The van der Waals surface area contributed by atoms with Crippen LogP contribution in [0.5, 0.6) is 0 Å². The zero-order chi connectivity index (χ0) is 11.7. The molecular formula is C12H15N3S. The van der Waals surface area contributed by atoms with Crippen LogP contribution in [0.15, 0.2) is 12.1 Å². The van der Waals surface area contributed by atoms with Crippen molar-refractivity contribution in [2.24, 2.45) is 0 Å². The Morgan fingerprint density at radius 1 is 1.06 bits per heavy atom. The van der Waals surface area contributed by atoms with Gasteiger partial charge in [0.2, 0.25) is 0 Å². The van der Waals surface area contributed by atoms with Crippen LogP contribution in [0.4, 0.5) is 5.82 Å². The minimum absolute atomic E-state index is 0.861. The Balaban J connectivity index is 2.64. The molecule has 2 rings (SSSR count). The highest BCUT2D eigenvalue weighted by Crippen LogP contribution is 2.31. The molecule has 0 fully saturated rings. The lowest BCUT2D eigenvalue weighted by atomic mass is 9.97. The predicted octanol–water partition coefficient (Wildman–Crippen LogP) is 3.17. The van der Waals surface area contributed by atoms with Gasteiger partial charge in [0.1, 0.15) is 5.69 Å². The normalized spacial score (nSPS) is 10.5. The molecular weight excluding hydrogens is 218 g/mol. The number of aromatic nitrogens is 2. The summed E-state index contributed by atoms with van der Waals surface area (Å²) in [6.45, 7) is 6.35. The van der Waals surface area contributed by atoms with Crippen molar-refractivity contribution >= 4 is 17.5 Å². The van der Waals surface area contributed by atoms with Gasteiger partial charge in [-0.15, -0.1) is 0 Å². The van der Waals surface area contributed by atoms with Gasteiger partial charge in [-0.3, -0.25) is 0 Å². The molecule has 0 atom stereocenters. The molecule has 1 aromatic carbocycles. The van der Waals surface area contributed by atoms with Gasteiger partial charge in [-0.05, 0) is 31.9 Å². The first kappa shape index (κ1) is 11.1. The maximum Gasteiger partial charge on any atom is 0.167 e. The van der Waals surface area contributed by atoms with E-state index in [1.54, 1.807) is 0 Å². The molecule has 0 bridgehead atoms. The average molecular weight is 233 g/mol. The Hall–Kier alpha value is -1.42. The van der Waals surface area contributed by atoms with Crippen LogP contribution < -0.4 is 5.32 Å². The number of aryl methyl sites for hydroxylation is 3. The van der Waals surface area contributed by atoms with Gasteiger partial charge in [-0.1, -0.05) is 17.7 Å². The Morgan fingerprint density at radius 2 is 1.69 bits per heavy atom. The van der Waals surface area contributed by atoms with Gasteiger partial charge in [0.25, 0.3) is 0 Å². The molecule has 2 aromatic rings. The fourth-order valence-electron chi connectivity index (χ4n) is 2.07. The molecule has 0 saturated heterocycles. The first-order valence-corrected chi connectivity index (χ1v) is 5.95. The van der Waals surface area contributed by atoms with Crippen LogP contribution in [0, 0.1) is 20.8 Å². The molecule has 1 heterocycles. The number of benzene rings is 1. The zero-order valence-corrected chi connectivity index (χ0v) is 10.8. The topological polar surface area (TPSA) is 37.8 Å². The van der Waals surface area contributed by atoms with Crippen LogP contribution >= 0.6 is 11.7 Å². The third kappa shape index (κ3) is 1.80. The summed E-state index contributed by atoms with van der Waals surface area (Å²) in [7, 11) is 1.87. The first-order valence-electron chi connectivity index (χ1n) is 5.22.